The van der Waals surface area contributed by atoms with Gasteiger partial charge in [-0.2, -0.15) is 5.10 Å². The molecule has 2 aromatic heterocycles. The van der Waals surface area contributed by atoms with E-state index in [1.807, 2.05) is 66.9 Å². The van der Waals surface area contributed by atoms with Crippen LogP contribution in [-0.4, -0.2) is 65.6 Å². The monoisotopic (exact) mass is 532 g/mol. The standard InChI is InChI=1S/C29H32N4O4S/c1-19-13-18-38-28(19)29(35)30-26-20(7-9-24-22-5-3-4-6-23(22)31-32-24)8-10-25(27(26)36-2)37-17-16-33-14-11-21(34)12-15-33/h3-10,13,18,21,34H,11-12,14-17H2,1-2H3,(H,30,35)(H,31,32)/b9-7+. The van der Waals surface area contributed by atoms with Crippen LogP contribution in [0.1, 0.15) is 39.3 Å². The zero-order valence-corrected chi connectivity index (χ0v) is 22.4. The molecule has 198 valence electrons. The summed E-state index contributed by atoms with van der Waals surface area (Å²) in [4.78, 5) is 16.2. The SMILES string of the molecule is COc1c(OCCN2CCC(O)CC2)ccc(/C=C/c2n[nH]c3ccccc23)c1NC(=O)c1sccc1C. The lowest BCUT2D eigenvalue weighted by molar-refractivity contribution is 0.0752. The number of piperidine rings is 1. The number of para-hydroxylation sites is 1. The molecule has 0 aliphatic carbocycles. The Hall–Kier alpha value is -3.66. The predicted octanol–water partition coefficient (Wildman–Crippen LogP) is 5.20. The van der Waals surface area contributed by atoms with Crippen molar-refractivity contribution in [1.29, 1.82) is 0 Å². The quantitative estimate of drug-likeness (QED) is 0.274. The number of fused-ring (bicyclic) bond motifs is 1. The molecule has 0 unspecified atom stereocenters. The Bertz CT molecular complexity index is 1440. The van der Waals surface area contributed by atoms with Crippen LogP contribution in [0.2, 0.25) is 0 Å². The van der Waals surface area contributed by atoms with Gasteiger partial charge in [0.15, 0.2) is 11.5 Å². The Labute approximate surface area is 225 Å². The second kappa shape index (κ2) is 11.8. The van der Waals surface area contributed by atoms with Gasteiger partial charge in [0.2, 0.25) is 0 Å². The van der Waals surface area contributed by atoms with E-state index in [0.29, 0.717) is 28.7 Å². The van der Waals surface area contributed by atoms with E-state index in [-0.39, 0.29) is 12.0 Å². The molecule has 8 nitrogen and oxygen atoms in total. The molecule has 0 bridgehead atoms. The normalized spacial score (nSPS) is 14.8. The summed E-state index contributed by atoms with van der Waals surface area (Å²) in [6, 6.07) is 13.7. The van der Waals surface area contributed by atoms with Crippen molar-refractivity contribution in [3.05, 3.63) is 69.5 Å². The number of aliphatic hydroxyl groups is 1. The number of nitrogens with zero attached hydrogens (tertiary/aromatic N) is 2. The number of thiophene rings is 1. The fraction of sp³-hybridized carbons (Fsp3) is 0.310. The van der Waals surface area contributed by atoms with Gasteiger partial charge in [-0.15, -0.1) is 11.3 Å². The molecule has 1 fully saturated rings. The molecule has 3 N–H and O–H groups in total. The second-order valence-electron chi connectivity index (χ2n) is 9.36. The third-order valence-corrected chi connectivity index (χ3v) is 7.82. The second-order valence-corrected chi connectivity index (χ2v) is 10.3. The summed E-state index contributed by atoms with van der Waals surface area (Å²) in [6.07, 6.45) is 5.21. The molecule has 1 amide bonds. The first-order valence-electron chi connectivity index (χ1n) is 12.7. The molecule has 0 saturated carbocycles. The van der Waals surface area contributed by atoms with Gasteiger partial charge in [0.05, 0.1) is 35.0 Å². The third-order valence-electron chi connectivity index (χ3n) is 6.81. The van der Waals surface area contributed by atoms with E-state index in [1.165, 1.54) is 11.3 Å². The van der Waals surface area contributed by atoms with Crippen LogP contribution in [0.3, 0.4) is 0 Å². The lowest BCUT2D eigenvalue weighted by Crippen LogP contribution is -2.38. The highest BCUT2D eigenvalue weighted by atomic mass is 32.1. The fourth-order valence-corrected chi connectivity index (χ4v) is 5.47. The number of amides is 1. The number of ether oxygens (including phenoxy) is 2. The third kappa shape index (κ3) is 5.75. The summed E-state index contributed by atoms with van der Waals surface area (Å²) in [7, 11) is 1.58. The molecule has 4 aromatic rings. The van der Waals surface area contributed by atoms with Crippen LogP contribution in [0.25, 0.3) is 23.1 Å². The maximum Gasteiger partial charge on any atom is 0.266 e. The molecule has 38 heavy (non-hydrogen) atoms. The number of aliphatic hydroxyl groups excluding tert-OH is 1. The van der Waals surface area contributed by atoms with Gasteiger partial charge in [0, 0.05) is 30.6 Å². The van der Waals surface area contributed by atoms with Crippen LogP contribution < -0.4 is 14.8 Å². The molecule has 1 aliphatic heterocycles. The number of H-pyrrole nitrogens is 1. The first-order valence-corrected chi connectivity index (χ1v) is 13.6. The molecule has 0 radical (unpaired) electrons. The fourth-order valence-electron chi connectivity index (χ4n) is 4.65. The maximum absolute atomic E-state index is 13.2. The van der Waals surface area contributed by atoms with Crippen LogP contribution in [-0.2, 0) is 0 Å². The van der Waals surface area contributed by atoms with Crippen molar-refractivity contribution >= 4 is 46.0 Å². The van der Waals surface area contributed by atoms with E-state index in [4.69, 9.17) is 9.47 Å². The van der Waals surface area contributed by atoms with Gasteiger partial charge in [-0.1, -0.05) is 24.3 Å². The van der Waals surface area contributed by atoms with E-state index in [9.17, 15) is 9.90 Å². The zero-order valence-electron chi connectivity index (χ0n) is 21.6. The van der Waals surface area contributed by atoms with Crippen LogP contribution in [0.5, 0.6) is 11.5 Å². The van der Waals surface area contributed by atoms with Gasteiger partial charge in [-0.25, -0.2) is 0 Å². The number of carbonyl (C=O) groups is 1. The Kier molecular flexibility index (Phi) is 8.07. The molecule has 3 heterocycles. The summed E-state index contributed by atoms with van der Waals surface area (Å²) in [5, 5.41) is 23.2. The minimum Gasteiger partial charge on any atom is -0.491 e. The van der Waals surface area contributed by atoms with Crippen molar-refractivity contribution in [2.75, 3.05) is 38.7 Å². The maximum atomic E-state index is 13.2. The number of carbonyl (C=O) groups excluding carboxylic acids is 1. The predicted molar refractivity (Wildman–Crippen MR) is 152 cm³/mol. The number of rotatable bonds is 9. The number of hydrogen-bond donors (Lipinski definition) is 3. The van der Waals surface area contributed by atoms with Crippen molar-refractivity contribution < 1.29 is 19.4 Å². The molecular formula is C29H32N4O4S. The molecular weight excluding hydrogens is 500 g/mol. The summed E-state index contributed by atoms with van der Waals surface area (Å²) < 4.78 is 11.9. The summed E-state index contributed by atoms with van der Waals surface area (Å²) >= 11 is 1.40. The average molecular weight is 533 g/mol. The number of methoxy groups -OCH3 is 1. The first-order chi connectivity index (χ1) is 18.5. The number of benzene rings is 2. The number of likely N-dealkylation sites (tertiary alicyclic amines) is 1. The zero-order chi connectivity index (χ0) is 26.5. The van der Waals surface area contributed by atoms with Gasteiger partial charge < -0.3 is 19.9 Å². The van der Waals surface area contributed by atoms with E-state index >= 15 is 0 Å². The summed E-state index contributed by atoms with van der Waals surface area (Å²) in [6.45, 7) is 4.85. The highest BCUT2D eigenvalue weighted by Crippen LogP contribution is 2.40. The minimum atomic E-state index is -0.203. The number of aryl methyl sites for hydroxylation is 1. The average Bonchev–Trinajstić information content (AvgIpc) is 3.55. The Morgan fingerprint density at radius 1 is 1.21 bits per heavy atom. The van der Waals surface area contributed by atoms with Gasteiger partial charge in [-0.3, -0.25) is 14.8 Å². The number of aromatic nitrogens is 2. The van der Waals surface area contributed by atoms with Crippen molar-refractivity contribution in [1.82, 2.24) is 15.1 Å². The van der Waals surface area contributed by atoms with E-state index in [0.717, 1.165) is 60.2 Å². The van der Waals surface area contributed by atoms with E-state index in [2.05, 4.69) is 20.4 Å². The highest BCUT2D eigenvalue weighted by molar-refractivity contribution is 7.12. The van der Waals surface area contributed by atoms with Gasteiger partial charge >= 0.3 is 0 Å². The molecule has 0 spiro atoms. The highest BCUT2D eigenvalue weighted by Gasteiger charge is 2.21. The molecule has 2 aromatic carbocycles. The topological polar surface area (TPSA) is 99.7 Å². The molecule has 9 heteroatoms. The Morgan fingerprint density at radius 3 is 2.79 bits per heavy atom. The van der Waals surface area contributed by atoms with E-state index < -0.39 is 0 Å². The van der Waals surface area contributed by atoms with Crippen LogP contribution >= 0.6 is 11.3 Å². The minimum absolute atomic E-state index is 0.195. The molecule has 5 rings (SSSR count). The molecule has 1 aliphatic rings. The van der Waals surface area contributed by atoms with Crippen molar-refractivity contribution in [2.24, 2.45) is 0 Å². The lowest BCUT2D eigenvalue weighted by Gasteiger charge is -2.29. The van der Waals surface area contributed by atoms with Gasteiger partial charge in [0.25, 0.3) is 5.91 Å². The smallest absolute Gasteiger partial charge is 0.266 e. The van der Waals surface area contributed by atoms with Gasteiger partial charge in [-0.05, 0) is 61.1 Å². The van der Waals surface area contributed by atoms with Crippen molar-refractivity contribution in [3.63, 3.8) is 0 Å². The Balaban J connectivity index is 1.42. The number of aromatic amines is 1. The number of anilines is 1. The molecule has 1 saturated heterocycles. The number of nitrogens with one attached hydrogen (secondary N) is 2. The van der Waals surface area contributed by atoms with Crippen molar-refractivity contribution in [3.8, 4) is 11.5 Å². The van der Waals surface area contributed by atoms with Crippen LogP contribution in [0.15, 0.2) is 47.8 Å². The van der Waals surface area contributed by atoms with Crippen LogP contribution in [0, 0.1) is 6.92 Å². The number of hydrogen-bond acceptors (Lipinski definition) is 7. The molecule has 0 atom stereocenters. The Morgan fingerprint density at radius 2 is 2.03 bits per heavy atom. The van der Waals surface area contributed by atoms with Crippen LogP contribution in [0.4, 0.5) is 5.69 Å². The lowest BCUT2D eigenvalue weighted by atomic mass is 10.1. The van der Waals surface area contributed by atoms with Crippen molar-refractivity contribution in [2.45, 2.75) is 25.9 Å². The summed E-state index contributed by atoms with van der Waals surface area (Å²) in [5.41, 5.74) is 4.00. The van der Waals surface area contributed by atoms with Gasteiger partial charge in [0.1, 0.15) is 6.61 Å². The first kappa shape index (κ1) is 26.0. The largest absolute Gasteiger partial charge is 0.491 e. The van der Waals surface area contributed by atoms with E-state index in [1.54, 1.807) is 7.11 Å². The summed E-state index contributed by atoms with van der Waals surface area (Å²) in [5.74, 6) is 0.834.